The molecular weight excluding hydrogens is 1380 g/mol. The zero-order valence-corrected chi connectivity index (χ0v) is 66.5. The molecular formula is C87H134O17P2. The van der Waals surface area contributed by atoms with E-state index >= 15 is 0 Å². The molecule has 17 nitrogen and oxygen atoms in total. The quantitative estimate of drug-likeness (QED) is 0.0169. The molecule has 5 atom stereocenters. The lowest BCUT2D eigenvalue weighted by atomic mass is 10.1. The molecule has 3 N–H and O–H groups in total. The molecule has 0 aromatic carbocycles. The molecule has 0 aliphatic rings. The summed E-state index contributed by atoms with van der Waals surface area (Å²) >= 11 is 0. The minimum absolute atomic E-state index is 0.0515. The van der Waals surface area contributed by atoms with Crippen LogP contribution in [0.5, 0.6) is 0 Å². The maximum absolute atomic E-state index is 13.1. The number of aliphatic hydroxyl groups is 1. The number of allylic oxidation sites excluding steroid dienone is 34. The average molecular weight is 1510 g/mol. The maximum atomic E-state index is 13.1. The number of phosphoric ester groups is 2. The van der Waals surface area contributed by atoms with Crippen LogP contribution in [-0.2, 0) is 65.4 Å². The van der Waals surface area contributed by atoms with Crippen LogP contribution in [0.1, 0.15) is 246 Å². The summed E-state index contributed by atoms with van der Waals surface area (Å²) < 4.78 is 68.2. The van der Waals surface area contributed by atoms with Crippen LogP contribution in [0.4, 0.5) is 0 Å². The van der Waals surface area contributed by atoms with Crippen molar-refractivity contribution in [3.05, 3.63) is 219 Å². The van der Waals surface area contributed by atoms with Crippen molar-refractivity contribution in [1.82, 2.24) is 0 Å². The van der Waals surface area contributed by atoms with Crippen molar-refractivity contribution >= 4 is 39.5 Å². The Bertz CT molecular complexity index is 2880. The zero-order chi connectivity index (χ0) is 77.4. The van der Waals surface area contributed by atoms with E-state index < -0.39 is 97.5 Å². The molecule has 5 unspecified atom stereocenters. The van der Waals surface area contributed by atoms with E-state index in [2.05, 4.69) is 186 Å². The molecule has 106 heavy (non-hydrogen) atoms. The fraction of sp³-hybridized carbons (Fsp3) is 0.540. The first-order valence-corrected chi connectivity index (χ1v) is 42.0. The highest BCUT2D eigenvalue weighted by atomic mass is 31.2. The van der Waals surface area contributed by atoms with Gasteiger partial charge in [0.05, 0.1) is 39.3 Å². The van der Waals surface area contributed by atoms with Crippen molar-refractivity contribution in [3.63, 3.8) is 0 Å². The van der Waals surface area contributed by atoms with Gasteiger partial charge in [0.25, 0.3) is 0 Å². The van der Waals surface area contributed by atoms with Crippen molar-refractivity contribution in [2.24, 2.45) is 0 Å². The SMILES string of the molecule is CC/C=C\C/C=C\C/C=C\C/C=C\C/C=C\CCCC(=O)OCC(COP(=O)(O)OCC(O)COP(=O)(O)OCC(COC(=O)CCCCCCCC/C=C\C/C=C\C/C=C\CCCCC)OC(=O)C/C=C\C/C=C\C/C=C\C/C=C\C/C=C\CC)OC(=O)C/C=C\C/C=C\C/C=C\C/C=C\C/C=C\CC. The number of ether oxygens (including phenoxy) is 4. The summed E-state index contributed by atoms with van der Waals surface area (Å²) in [6, 6.07) is 0. The second kappa shape index (κ2) is 76.6. The van der Waals surface area contributed by atoms with E-state index in [-0.39, 0.29) is 25.7 Å². The number of rotatable bonds is 70. The summed E-state index contributed by atoms with van der Waals surface area (Å²) in [4.78, 5) is 72.8. The van der Waals surface area contributed by atoms with Crippen LogP contribution in [0.15, 0.2) is 219 Å². The molecule has 0 saturated heterocycles. The first-order chi connectivity index (χ1) is 51.7. The van der Waals surface area contributed by atoms with Gasteiger partial charge in [-0.25, -0.2) is 9.13 Å². The van der Waals surface area contributed by atoms with E-state index in [4.69, 9.17) is 37.0 Å². The molecule has 594 valence electrons. The Kier molecular flexibility index (Phi) is 71.8. The maximum Gasteiger partial charge on any atom is 0.472 e. The van der Waals surface area contributed by atoms with E-state index in [0.717, 1.165) is 141 Å². The van der Waals surface area contributed by atoms with E-state index in [1.165, 1.54) is 19.3 Å². The number of carbonyl (C=O) groups is 4. The molecule has 0 rings (SSSR count). The molecule has 0 bridgehead atoms. The van der Waals surface area contributed by atoms with Gasteiger partial charge < -0.3 is 33.8 Å². The number of aliphatic hydroxyl groups excluding tert-OH is 1. The van der Waals surface area contributed by atoms with Crippen LogP contribution < -0.4 is 0 Å². The second-order valence-electron chi connectivity index (χ2n) is 24.8. The highest BCUT2D eigenvalue weighted by Gasteiger charge is 2.30. The fourth-order valence-corrected chi connectivity index (χ4v) is 10.8. The van der Waals surface area contributed by atoms with Gasteiger partial charge in [0.2, 0.25) is 0 Å². The topological polar surface area (TPSA) is 237 Å². The van der Waals surface area contributed by atoms with Crippen molar-refractivity contribution < 1.29 is 80.2 Å². The largest absolute Gasteiger partial charge is 0.472 e. The Hall–Kier alpha value is -6.62. The third-order valence-electron chi connectivity index (χ3n) is 15.0. The molecule has 0 aromatic rings. The molecule has 0 spiro atoms. The Morgan fingerprint density at radius 1 is 0.283 bits per heavy atom. The minimum Gasteiger partial charge on any atom is -0.462 e. The third-order valence-corrected chi connectivity index (χ3v) is 16.9. The second-order valence-corrected chi connectivity index (χ2v) is 27.7. The van der Waals surface area contributed by atoms with Crippen molar-refractivity contribution in [1.29, 1.82) is 0 Å². The Morgan fingerprint density at radius 3 is 0.840 bits per heavy atom. The first-order valence-electron chi connectivity index (χ1n) is 39.0. The molecule has 19 heteroatoms. The van der Waals surface area contributed by atoms with Crippen molar-refractivity contribution in [2.75, 3.05) is 39.6 Å². The van der Waals surface area contributed by atoms with Crippen LogP contribution in [0.3, 0.4) is 0 Å². The molecule has 0 aliphatic heterocycles. The van der Waals surface area contributed by atoms with Gasteiger partial charge in [-0.05, 0) is 154 Å². The van der Waals surface area contributed by atoms with Crippen molar-refractivity contribution in [2.45, 2.75) is 264 Å². The first kappa shape index (κ1) is 99.4. The fourth-order valence-electron chi connectivity index (χ4n) is 9.18. The summed E-state index contributed by atoms with van der Waals surface area (Å²) in [5, 5.41) is 10.6. The van der Waals surface area contributed by atoms with Gasteiger partial charge in [-0.3, -0.25) is 37.3 Å². The molecule has 0 amide bonds. The van der Waals surface area contributed by atoms with Crippen LogP contribution in [0, 0.1) is 0 Å². The smallest absolute Gasteiger partial charge is 0.462 e. The van der Waals surface area contributed by atoms with Crippen LogP contribution in [0.2, 0.25) is 0 Å². The number of phosphoric acid groups is 2. The lowest BCUT2D eigenvalue weighted by Gasteiger charge is -2.21. The van der Waals surface area contributed by atoms with E-state index in [1.54, 1.807) is 24.3 Å². The van der Waals surface area contributed by atoms with Gasteiger partial charge in [-0.1, -0.05) is 285 Å². The van der Waals surface area contributed by atoms with Gasteiger partial charge in [0.1, 0.15) is 19.3 Å². The van der Waals surface area contributed by atoms with Gasteiger partial charge >= 0.3 is 39.5 Å². The number of unbranched alkanes of at least 4 members (excludes halogenated alkanes) is 10. The standard InChI is InChI=1S/C87H134O17P2/c1-5-9-13-17-21-25-29-33-37-39-40-42-46-48-52-56-60-64-68-72-85(90)98-78-83(104-87(92)74-70-66-62-58-54-50-44-36-32-28-24-20-16-12-8-4)80-102-106(95,96)100-76-81(88)75-99-105(93,94)101-79-82(103-86(91)73-69-65-61-57-53-49-43-35-31-27-23-19-15-11-7-3)77-97-84(89)71-67-63-59-55-51-47-45-41-38-34-30-26-22-18-14-10-6-2/h10-12,14-16,21-28,33-38,40,42-45,47,53-55,57-59,65-66,69-70,81-83,88H,5-9,13,17-20,29-32,39,41,46,48-52,56,60-64,67-68,71-80H2,1-4H3,(H,93,94)(H,95,96)/b14-10-,15-11-,16-12-,25-21-,26-22-,27-23-,28-24-,37-33-,38-34-,42-40-,43-35-,44-36-,47-45-,57-53-,58-54-,59-55-,69-65-,70-66-. The van der Waals surface area contributed by atoms with Crippen LogP contribution in [0.25, 0.3) is 0 Å². The minimum atomic E-state index is -5.03. The Balaban J connectivity index is 5.58. The van der Waals surface area contributed by atoms with Crippen LogP contribution in [-0.4, -0.2) is 96.7 Å². The van der Waals surface area contributed by atoms with Crippen molar-refractivity contribution in [3.8, 4) is 0 Å². The highest BCUT2D eigenvalue weighted by molar-refractivity contribution is 7.47. The predicted molar refractivity (Wildman–Crippen MR) is 435 cm³/mol. The normalized spacial score (nSPS) is 15.0. The van der Waals surface area contributed by atoms with Crippen LogP contribution >= 0.6 is 15.6 Å². The van der Waals surface area contributed by atoms with Gasteiger partial charge in [0.15, 0.2) is 12.2 Å². The summed E-state index contributed by atoms with van der Waals surface area (Å²) in [5.41, 5.74) is 0. The molecule has 0 radical (unpaired) electrons. The summed E-state index contributed by atoms with van der Waals surface area (Å²) in [6.45, 7) is 4.14. The van der Waals surface area contributed by atoms with Gasteiger partial charge in [0, 0.05) is 12.8 Å². The number of esters is 4. The summed E-state index contributed by atoms with van der Waals surface area (Å²) in [7, 11) is -10.1. The highest BCUT2D eigenvalue weighted by Crippen LogP contribution is 2.45. The lowest BCUT2D eigenvalue weighted by molar-refractivity contribution is -0.160. The van der Waals surface area contributed by atoms with E-state index in [9.17, 15) is 43.2 Å². The lowest BCUT2D eigenvalue weighted by Crippen LogP contribution is -2.30. The molecule has 0 heterocycles. The van der Waals surface area contributed by atoms with Gasteiger partial charge in [-0.15, -0.1) is 0 Å². The Morgan fingerprint density at radius 2 is 0.528 bits per heavy atom. The predicted octanol–water partition coefficient (Wildman–Crippen LogP) is 22.9. The molecule has 0 fully saturated rings. The third kappa shape index (κ3) is 75.6. The number of hydrogen-bond acceptors (Lipinski definition) is 15. The Labute approximate surface area is 639 Å². The zero-order valence-electron chi connectivity index (χ0n) is 64.8. The van der Waals surface area contributed by atoms with Gasteiger partial charge in [-0.2, -0.15) is 0 Å². The average Bonchev–Trinajstić information content (AvgIpc) is 0.928. The monoisotopic (exact) mass is 1510 g/mol. The van der Waals surface area contributed by atoms with E-state index in [0.29, 0.717) is 32.1 Å². The summed E-state index contributed by atoms with van der Waals surface area (Å²) in [5.74, 6) is -2.59. The molecule has 0 aromatic heterocycles. The number of hydrogen-bond donors (Lipinski definition) is 3. The number of carbonyl (C=O) groups excluding carboxylic acids is 4. The molecule has 0 saturated carbocycles. The molecule has 0 aliphatic carbocycles. The summed E-state index contributed by atoms with van der Waals surface area (Å²) in [6.07, 6.45) is 97.1. The van der Waals surface area contributed by atoms with E-state index in [1.807, 2.05) is 36.5 Å².